The molecule has 0 rings (SSSR count). The lowest BCUT2D eigenvalue weighted by atomic mass is 11.3. The third-order valence-electron chi connectivity index (χ3n) is 0.192. The largest absolute Gasteiger partial charge is 0.424 e. The summed E-state index contributed by atoms with van der Waals surface area (Å²) in [6, 6.07) is 0. The lowest BCUT2D eigenvalue weighted by Crippen LogP contribution is -2.19. The van der Waals surface area contributed by atoms with Crippen LogP contribution in [0.4, 0.5) is 13.3 Å². The molecule has 44 valence electrons. The van der Waals surface area contributed by atoms with Crippen LogP contribution in [0.3, 0.4) is 0 Å². The van der Waals surface area contributed by atoms with E-state index in [4.69, 9.17) is 0 Å². The van der Waals surface area contributed by atoms with Crippen molar-refractivity contribution >= 4 is 23.4 Å². The van der Waals surface area contributed by atoms with Crippen molar-refractivity contribution in [3.05, 3.63) is 0 Å². The molecule has 0 bridgehead atoms. The van der Waals surface area contributed by atoms with Gasteiger partial charge in [-0.25, -0.2) is 0 Å². The fourth-order valence-electron chi connectivity index (χ4n) is 0. The lowest BCUT2D eigenvalue weighted by molar-refractivity contribution is -0.111. The van der Waals surface area contributed by atoms with Gasteiger partial charge in [0.05, 0.1) is 0 Å². The molecule has 0 spiro atoms. The van der Waals surface area contributed by atoms with Crippen LogP contribution < -0.4 is 0 Å². The third-order valence-corrected chi connectivity index (χ3v) is 0.639. The third kappa shape index (κ3) is 2.96. The van der Waals surface area contributed by atoms with Crippen molar-refractivity contribution in [3.63, 3.8) is 0 Å². The van der Waals surface area contributed by atoms with Crippen LogP contribution in [0.5, 0.6) is 0 Å². The number of halogens is 5. The zero-order valence-electron chi connectivity index (χ0n) is 2.84. The van der Waals surface area contributed by atoms with Gasteiger partial charge in [-0.15, -0.1) is 4.48 Å². The van der Waals surface area contributed by atoms with Gasteiger partial charge in [0.25, 0.3) is 0 Å². The molecule has 0 aliphatic carbocycles. The van der Waals surface area contributed by atoms with Gasteiger partial charge in [0.1, 0.15) is 0 Å². The molecule has 1 nitrogen and oxygen atoms in total. The number of rotatable bonds is 1. The molecule has 0 saturated carbocycles. The molecule has 7 heavy (non-hydrogen) atoms. The van der Waals surface area contributed by atoms with E-state index >= 15 is 0 Å². The smallest absolute Gasteiger partial charge is 0.168 e. The molecule has 0 aromatic rings. The average Bonchev–Trinajstić information content (AvgIpc) is 1.31. The molecule has 0 unspecified atom stereocenters. The Bertz CT molecular complexity index is 58.4. The normalized spacial score (nSPS) is 12.9. The predicted octanol–water partition coefficient (Wildman–Crippen LogP) is 2.12. The number of hydrogen-bond donors (Lipinski definition) is 0. The van der Waals surface area contributed by atoms with Crippen molar-refractivity contribution in [1.29, 1.82) is 0 Å². The van der Waals surface area contributed by atoms with Crippen molar-refractivity contribution < 1.29 is 13.3 Å². The van der Waals surface area contributed by atoms with Gasteiger partial charge in [-0.05, 0) is 11.6 Å². The van der Waals surface area contributed by atoms with Crippen molar-refractivity contribution in [2.75, 3.05) is 0 Å². The lowest BCUT2D eigenvalue weighted by Gasteiger charge is -2.05. The highest BCUT2D eigenvalue weighted by molar-refractivity contribution is 6.25. The Morgan fingerprint density at radius 2 is 1.57 bits per heavy atom. The second-order valence-electron chi connectivity index (χ2n) is 0.701. The van der Waals surface area contributed by atoms with Crippen LogP contribution in [-0.2, 0) is 0 Å². The van der Waals surface area contributed by atoms with E-state index in [0.29, 0.717) is 0 Å². The van der Waals surface area contributed by atoms with Crippen LogP contribution in [-0.4, -0.2) is 10.1 Å². The van der Waals surface area contributed by atoms with Gasteiger partial charge in [-0.2, -0.15) is 8.78 Å². The van der Waals surface area contributed by atoms with E-state index < -0.39 is 10.1 Å². The fraction of sp³-hybridized carbons (Fsp3) is 1.00. The van der Waals surface area contributed by atoms with E-state index in [-0.39, 0.29) is 0 Å². The zero-order chi connectivity index (χ0) is 6.08. The molecule has 0 heterocycles. The second kappa shape index (κ2) is 2.07. The minimum absolute atomic E-state index is 1.41. The summed E-state index contributed by atoms with van der Waals surface area (Å²) in [7, 11) is 0. The van der Waals surface area contributed by atoms with E-state index in [2.05, 4.69) is 23.4 Å². The first-order valence-corrected chi connectivity index (χ1v) is 1.84. The van der Waals surface area contributed by atoms with E-state index in [0.717, 1.165) is 0 Å². The molecule has 0 aromatic carbocycles. The summed E-state index contributed by atoms with van der Waals surface area (Å²) in [6.07, 6.45) is 0. The standard InChI is InChI=1S/CCl2F3N/c2-1(4,5)7(3)6. The maximum absolute atomic E-state index is 11.0. The summed E-state index contributed by atoms with van der Waals surface area (Å²) in [5, 5.41) is 0. The van der Waals surface area contributed by atoms with Gasteiger partial charge < -0.3 is 0 Å². The zero-order valence-corrected chi connectivity index (χ0v) is 4.35. The van der Waals surface area contributed by atoms with E-state index in [1.807, 2.05) is 0 Å². The molecule has 0 radical (unpaired) electrons. The molecule has 0 N–H and O–H groups in total. The van der Waals surface area contributed by atoms with E-state index in [9.17, 15) is 13.3 Å². The summed E-state index contributed by atoms with van der Waals surface area (Å²) >= 11 is 7.99. The molecule has 6 heteroatoms. The average molecular weight is 154 g/mol. The first-order chi connectivity index (χ1) is 2.94. The minimum Gasteiger partial charge on any atom is -0.168 e. The van der Waals surface area contributed by atoms with Crippen molar-refractivity contribution in [2.24, 2.45) is 0 Å². The quantitative estimate of drug-likeness (QED) is 0.317. The summed E-state index contributed by atoms with van der Waals surface area (Å²) in [5.74, 6) is 0. The van der Waals surface area contributed by atoms with E-state index in [1.54, 1.807) is 0 Å². The number of hydrogen-bond acceptors (Lipinski definition) is 1. The van der Waals surface area contributed by atoms with Crippen LogP contribution >= 0.6 is 23.4 Å². The van der Waals surface area contributed by atoms with Gasteiger partial charge >= 0.3 is 5.51 Å². The SMILES string of the molecule is FN(Cl)C(F)(F)Cl. The Morgan fingerprint density at radius 1 is 1.43 bits per heavy atom. The fourth-order valence-corrected chi connectivity index (χ4v) is 0. The summed E-state index contributed by atoms with van der Waals surface area (Å²) in [5.41, 5.74) is -4.10. The van der Waals surface area contributed by atoms with Gasteiger partial charge in [0.2, 0.25) is 0 Å². The summed E-state index contributed by atoms with van der Waals surface area (Å²) in [4.78, 5) is 0. The Hall–Kier alpha value is 0.330. The monoisotopic (exact) mass is 153 g/mol. The molecular weight excluding hydrogens is 154 g/mol. The van der Waals surface area contributed by atoms with Crippen LogP contribution in [0.25, 0.3) is 0 Å². The maximum Gasteiger partial charge on any atom is 0.424 e. The first-order valence-electron chi connectivity index (χ1n) is 1.13. The molecule has 0 aliphatic heterocycles. The highest BCUT2D eigenvalue weighted by Gasteiger charge is 2.33. The Kier molecular flexibility index (Phi) is 2.16. The molecule has 0 fully saturated rings. The second-order valence-corrected chi connectivity index (χ2v) is 1.45. The highest BCUT2D eigenvalue weighted by atomic mass is 35.5. The highest BCUT2D eigenvalue weighted by Crippen LogP contribution is 2.25. The van der Waals surface area contributed by atoms with Gasteiger partial charge in [0.15, 0.2) is 0 Å². The number of nitrogens with zero attached hydrogens (tertiary/aromatic N) is 1. The summed E-state index contributed by atoms with van der Waals surface area (Å²) in [6.45, 7) is 0. The predicted molar refractivity (Wildman–Crippen MR) is 19.6 cm³/mol. The minimum atomic E-state index is -4.10. The van der Waals surface area contributed by atoms with Crippen LogP contribution in [0.2, 0.25) is 0 Å². The maximum atomic E-state index is 11.0. The topological polar surface area (TPSA) is 3.24 Å². The molecule has 0 atom stereocenters. The van der Waals surface area contributed by atoms with Crippen LogP contribution in [0.15, 0.2) is 0 Å². The molecule has 0 saturated heterocycles. The van der Waals surface area contributed by atoms with Gasteiger partial charge in [-0.3, -0.25) is 0 Å². The molecular formula is CCl2F3N. The van der Waals surface area contributed by atoms with Gasteiger partial charge in [-0.1, -0.05) is 0 Å². The number of alkyl halides is 3. The van der Waals surface area contributed by atoms with Crippen LogP contribution in [0, 0.1) is 0 Å². The molecule has 0 aromatic heterocycles. The van der Waals surface area contributed by atoms with Crippen molar-refractivity contribution in [3.8, 4) is 0 Å². The molecule has 0 aliphatic rings. The Morgan fingerprint density at radius 3 is 1.57 bits per heavy atom. The molecule has 0 amide bonds. The van der Waals surface area contributed by atoms with Crippen molar-refractivity contribution in [1.82, 2.24) is 4.64 Å². The Balaban J connectivity index is 3.54. The first kappa shape index (κ1) is 7.33. The Labute approximate surface area is 47.6 Å². The van der Waals surface area contributed by atoms with Crippen LogP contribution in [0.1, 0.15) is 0 Å². The van der Waals surface area contributed by atoms with E-state index in [1.165, 1.54) is 0 Å². The van der Waals surface area contributed by atoms with Crippen molar-refractivity contribution in [2.45, 2.75) is 5.51 Å². The van der Waals surface area contributed by atoms with Gasteiger partial charge in [0, 0.05) is 16.4 Å². The summed E-state index contributed by atoms with van der Waals surface area (Å²) < 4.78 is 31.6.